The first-order valence-corrected chi connectivity index (χ1v) is 7.38. The quantitative estimate of drug-likeness (QED) is 0.827. The van der Waals surface area contributed by atoms with Crippen molar-refractivity contribution in [2.75, 3.05) is 6.61 Å². The Balaban J connectivity index is 1.64. The predicted octanol–water partition coefficient (Wildman–Crippen LogP) is 1.62. The van der Waals surface area contributed by atoms with Gasteiger partial charge in [0.2, 0.25) is 0 Å². The first kappa shape index (κ1) is 13.5. The molecule has 1 saturated heterocycles. The van der Waals surface area contributed by atoms with Crippen LogP contribution in [0.3, 0.4) is 0 Å². The third kappa shape index (κ3) is 2.83. The van der Waals surface area contributed by atoms with Crippen molar-refractivity contribution in [1.29, 1.82) is 0 Å². The molecule has 106 valence electrons. The molecular weight excluding hydrogens is 272 g/mol. The Labute approximate surface area is 123 Å². The van der Waals surface area contributed by atoms with E-state index in [1.165, 1.54) is 12.8 Å². The van der Waals surface area contributed by atoms with Crippen LogP contribution >= 0.6 is 12.2 Å². The summed E-state index contributed by atoms with van der Waals surface area (Å²) in [5.41, 5.74) is 6.95. The zero-order chi connectivity index (χ0) is 14.1. The summed E-state index contributed by atoms with van der Waals surface area (Å²) in [6, 6.07) is 7.21. The fraction of sp³-hybridized carbons (Fsp3) is 0.467. The number of hydrogen-bond acceptors (Lipinski definition) is 3. The van der Waals surface area contributed by atoms with Crippen molar-refractivity contribution in [3.05, 3.63) is 35.4 Å². The van der Waals surface area contributed by atoms with Crippen LogP contribution in [0.15, 0.2) is 24.3 Å². The normalized spacial score (nSPS) is 25.4. The van der Waals surface area contributed by atoms with Gasteiger partial charge < -0.3 is 15.8 Å². The monoisotopic (exact) mass is 290 g/mol. The molecule has 0 spiro atoms. The highest BCUT2D eigenvalue weighted by atomic mass is 32.1. The van der Waals surface area contributed by atoms with E-state index in [1.807, 2.05) is 0 Å². The van der Waals surface area contributed by atoms with Crippen LogP contribution in [0.4, 0.5) is 0 Å². The molecule has 3 rings (SSSR count). The third-order valence-corrected chi connectivity index (χ3v) is 4.21. The second-order valence-corrected chi connectivity index (χ2v) is 5.92. The van der Waals surface area contributed by atoms with E-state index in [0.29, 0.717) is 16.5 Å². The van der Waals surface area contributed by atoms with Crippen molar-refractivity contribution in [3.8, 4) is 0 Å². The lowest BCUT2D eigenvalue weighted by Gasteiger charge is -2.19. The van der Waals surface area contributed by atoms with Gasteiger partial charge in [-0.05, 0) is 37.3 Å². The molecule has 1 aromatic rings. The van der Waals surface area contributed by atoms with Crippen LogP contribution in [0, 0.1) is 5.92 Å². The molecule has 0 radical (unpaired) electrons. The number of nitrogens with two attached hydrogens (primary N) is 1. The van der Waals surface area contributed by atoms with Crippen molar-refractivity contribution in [2.24, 2.45) is 11.7 Å². The zero-order valence-electron chi connectivity index (χ0n) is 11.2. The molecule has 0 aromatic heterocycles. The maximum atomic E-state index is 12.2. The van der Waals surface area contributed by atoms with E-state index in [-0.39, 0.29) is 18.1 Å². The highest BCUT2D eigenvalue weighted by Crippen LogP contribution is 2.38. The highest BCUT2D eigenvalue weighted by Gasteiger charge is 2.41. The van der Waals surface area contributed by atoms with Crippen LogP contribution in [0.2, 0.25) is 0 Å². The highest BCUT2D eigenvalue weighted by molar-refractivity contribution is 7.80. The van der Waals surface area contributed by atoms with Crippen LogP contribution in [0.5, 0.6) is 0 Å². The first-order chi connectivity index (χ1) is 9.65. The van der Waals surface area contributed by atoms with Crippen molar-refractivity contribution in [2.45, 2.75) is 31.4 Å². The molecule has 2 fully saturated rings. The number of carbonyl (C=O) groups excluding carboxylic acids is 1. The lowest BCUT2D eigenvalue weighted by atomic mass is 10.1. The number of ether oxygens (including phenoxy) is 1. The van der Waals surface area contributed by atoms with Crippen molar-refractivity contribution < 1.29 is 9.53 Å². The number of hydrogen-bond donors (Lipinski definition) is 2. The second-order valence-electron chi connectivity index (χ2n) is 5.48. The zero-order valence-corrected chi connectivity index (χ0v) is 12.0. The Bertz CT molecular complexity index is 525. The van der Waals surface area contributed by atoms with E-state index in [0.717, 1.165) is 18.6 Å². The average molecular weight is 290 g/mol. The fourth-order valence-corrected chi connectivity index (χ4v) is 2.83. The Hall–Kier alpha value is -1.46. The summed E-state index contributed by atoms with van der Waals surface area (Å²) in [6.07, 6.45) is 3.55. The molecule has 2 atom stereocenters. The summed E-state index contributed by atoms with van der Waals surface area (Å²) in [4.78, 5) is 12.6. The number of benzene rings is 1. The molecule has 1 aliphatic carbocycles. The molecule has 20 heavy (non-hydrogen) atoms. The summed E-state index contributed by atoms with van der Waals surface area (Å²) in [5.74, 6) is 0.584. The minimum absolute atomic E-state index is 0.0550. The topological polar surface area (TPSA) is 64.4 Å². The molecule has 3 N–H and O–H groups in total. The van der Waals surface area contributed by atoms with Gasteiger partial charge in [0.15, 0.2) is 0 Å². The molecule has 4 nitrogen and oxygen atoms in total. The third-order valence-electron chi connectivity index (χ3n) is 3.97. The van der Waals surface area contributed by atoms with E-state index in [4.69, 9.17) is 22.7 Å². The smallest absolute Gasteiger partial charge is 0.251 e. The van der Waals surface area contributed by atoms with Gasteiger partial charge in [-0.1, -0.05) is 24.4 Å². The van der Waals surface area contributed by atoms with E-state index in [1.54, 1.807) is 24.3 Å². The fourth-order valence-electron chi connectivity index (χ4n) is 2.69. The lowest BCUT2D eigenvalue weighted by molar-refractivity contribution is 0.0729. The molecular formula is C15H18N2O2S. The number of rotatable bonds is 4. The summed E-state index contributed by atoms with van der Waals surface area (Å²) in [7, 11) is 0. The molecule has 1 saturated carbocycles. The van der Waals surface area contributed by atoms with Crippen molar-refractivity contribution >= 4 is 23.1 Å². The van der Waals surface area contributed by atoms with Crippen LogP contribution in [0.25, 0.3) is 0 Å². The Morgan fingerprint density at radius 1 is 1.20 bits per heavy atom. The molecule has 1 heterocycles. The van der Waals surface area contributed by atoms with Gasteiger partial charge in [-0.15, -0.1) is 0 Å². The summed E-state index contributed by atoms with van der Waals surface area (Å²) < 4.78 is 5.73. The predicted molar refractivity (Wildman–Crippen MR) is 80.7 cm³/mol. The maximum absolute atomic E-state index is 12.2. The van der Waals surface area contributed by atoms with Crippen molar-refractivity contribution in [3.63, 3.8) is 0 Å². The number of nitrogens with one attached hydrogen (secondary N) is 1. The van der Waals surface area contributed by atoms with Crippen LogP contribution < -0.4 is 11.1 Å². The number of thiocarbonyl (C=S) groups is 1. The first-order valence-electron chi connectivity index (χ1n) is 6.97. The van der Waals surface area contributed by atoms with Crippen LogP contribution in [0.1, 0.15) is 35.2 Å². The molecule has 2 unspecified atom stereocenters. The minimum Gasteiger partial charge on any atom is -0.389 e. The largest absolute Gasteiger partial charge is 0.389 e. The molecule has 1 aromatic carbocycles. The van der Waals surface area contributed by atoms with Gasteiger partial charge >= 0.3 is 0 Å². The summed E-state index contributed by atoms with van der Waals surface area (Å²) in [5, 5.41) is 3.09. The van der Waals surface area contributed by atoms with E-state index < -0.39 is 0 Å². The van der Waals surface area contributed by atoms with Gasteiger partial charge in [-0.2, -0.15) is 0 Å². The van der Waals surface area contributed by atoms with Gasteiger partial charge in [0.25, 0.3) is 5.91 Å². The Morgan fingerprint density at radius 2 is 1.85 bits per heavy atom. The molecule has 1 amide bonds. The van der Waals surface area contributed by atoms with Gasteiger partial charge in [-0.3, -0.25) is 4.79 Å². The molecule has 5 heteroatoms. The van der Waals surface area contributed by atoms with Crippen molar-refractivity contribution in [1.82, 2.24) is 5.32 Å². The number of amides is 1. The van der Waals surface area contributed by atoms with E-state index in [9.17, 15) is 4.79 Å². The van der Waals surface area contributed by atoms with E-state index >= 15 is 0 Å². The van der Waals surface area contributed by atoms with Gasteiger partial charge in [-0.25, -0.2) is 0 Å². The van der Waals surface area contributed by atoms with Crippen LogP contribution in [-0.4, -0.2) is 29.6 Å². The van der Waals surface area contributed by atoms with Gasteiger partial charge in [0.05, 0.1) is 12.1 Å². The Morgan fingerprint density at radius 3 is 2.45 bits per heavy atom. The summed E-state index contributed by atoms with van der Waals surface area (Å²) in [6.45, 7) is 0.743. The molecule has 2 aliphatic rings. The molecule has 1 aliphatic heterocycles. The second kappa shape index (κ2) is 5.50. The van der Waals surface area contributed by atoms with Gasteiger partial charge in [0, 0.05) is 17.7 Å². The van der Waals surface area contributed by atoms with Crippen LogP contribution in [-0.2, 0) is 4.74 Å². The maximum Gasteiger partial charge on any atom is 0.251 e. The summed E-state index contributed by atoms with van der Waals surface area (Å²) >= 11 is 4.90. The molecule has 0 bridgehead atoms. The minimum atomic E-state index is -0.0550. The number of carbonyl (C=O) groups is 1. The Kier molecular flexibility index (Phi) is 3.72. The lowest BCUT2D eigenvalue weighted by Crippen LogP contribution is -2.41. The SMILES string of the molecule is NC(=S)c1ccc(C(=O)NC2CCOC2C2CC2)cc1. The standard InChI is InChI=1S/C15H18N2O2S/c16-14(20)10-3-5-11(6-4-10)15(18)17-12-7-8-19-13(12)9-1-2-9/h3-6,9,12-13H,1-2,7-8H2,(H2,16,20)(H,17,18). The van der Waals surface area contributed by atoms with E-state index in [2.05, 4.69) is 5.32 Å². The average Bonchev–Trinajstić information content (AvgIpc) is 3.19. The van der Waals surface area contributed by atoms with Gasteiger partial charge in [0.1, 0.15) is 4.99 Å².